The maximum Gasteiger partial charge on any atom is 0.325 e. The van der Waals surface area contributed by atoms with E-state index in [0.717, 1.165) is 16.9 Å². The predicted octanol–water partition coefficient (Wildman–Crippen LogP) is 2.79. The molecule has 0 aliphatic carbocycles. The van der Waals surface area contributed by atoms with Crippen LogP contribution in [0, 0.1) is 6.92 Å². The Bertz CT molecular complexity index is 868. The molecule has 3 rings (SSSR count). The fraction of sp³-hybridized carbons (Fsp3) is 0.278. The standard InChI is InChI=1S/C18H19N3O4/c1-12-10-14(17(25-12)13-6-4-3-5-7-13)18-19-15(8-9-24-2)20-21(18)11-16(22)23/h3-7,10H,8-9,11H2,1-2H3,(H,22,23). The molecule has 0 bridgehead atoms. The molecule has 0 aliphatic heterocycles. The number of aromatic nitrogens is 3. The highest BCUT2D eigenvalue weighted by Gasteiger charge is 2.21. The van der Waals surface area contributed by atoms with E-state index in [0.29, 0.717) is 30.4 Å². The second-order valence-electron chi connectivity index (χ2n) is 5.61. The number of carboxylic acid groups (broad SMARTS) is 1. The summed E-state index contributed by atoms with van der Waals surface area (Å²) in [5.74, 6) is 1.40. The van der Waals surface area contributed by atoms with E-state index in [9.17, 15) is 9.90 Å². The average molecular weight is 341 g/mol. The van der Waals surface area contributed by atoms with E-state index in [-0.39, 0.29) is 6.54 Å². The zero-order valence-electron chi connectivity index (χ0n) is 14.1. The lowest BCUT2D eigenvalue weighted by molar-refractivity contribution is -0.137. The van der Waals surface area contributed by atoms with Crippen LogP contribution < -0.4 is 0 Å². The Labute approximate surface area is 144 Å². The normalized spacial score (nSPS) is 11.0. The maximum atomic E-state index is 11.2. The zero-order chi connectivity index (χ0) is 17.8. The Hall–Kier alpha value is -2.93. The van der Waals surface area contributed by atoms with Crippen LogP contribution in [-0.2, 0) is 22.5 Å². The molecule has 1 N–H and O–H groups in total. The fourth-order valence-electron chi connectivity index (χ4n) is 2.61. The molecule has 0 fully saturated rings. The highest BCUT2D eigenvalue weighted by molar-refractivity contribution is 5.77. The zero-order valence-corrected chi connectivity index (χ0v) is 14.1. The molecule has 0 saturated carbocycles. The number of rotatable bonds is 7. The van der Waals surface area contributed by atoms with Gasteiger partial charge in [-0.2, -0.15) is 5.10 Å². The van der Waals surface area contributed by atoms with Crippen LogP contribution in [0.25, 0.3) is 22.7 Å². The van der Waals surface area contributed by atoms with Gasteiger partial charge in [0.05, 0.1) is 12.2 Å². The summed E-state index contributed by atoms with van der Waals surface area (Å²) in [6.45, 7) is 2.04. The van der Waals surface area contributed by atoms with Gasteiger partial charge < -0.3 is 14.3 Å². The summed E-state index contributed by atoms with van der Waals surface area (Å²) in [6.07, 6.45) is 0.508. The molecule has 130 valence electrons. The number of ether oxygens (including phenoxy) is 1. The molecule has 25 heavy (non-hydrogen) atoms. The molecule has 0 amide bonds. The maximum absolute atomic E-state index is 11.2. The van der Waals surface area contributed by atoms with Gasteiger partial charge in [-0.1, -0.05) is 30.3 Å². The molecule has 0 unspecified atom stereocenters. The Balaban J connectivity index is 2.09. The molecule has 2 aromatic heterocycles. The lowest BCUT2D eigenvalue weighted by atomic mass is 10.1. The number of furan rings is 1. The van der Waals surface area contributed by atoms with Crippen molar-refractivity contribution in [1.29, 1.82) is 0 Å². The number of hydrogen-bond donors (Lipinski definition) is 1. The van der Waals surface area contributed by atoms with Gasteiger partial charge in [0.25, 0.3) is 0 Å². The minimum Gasteiger partial charge on any atom is -0.480 e. The van der Waals surface area contributed by atoms with Crippen LogP contribution in [-0.4, -0.2) is 39.6 Å². The molecule has 0 spiro atoms. The molecule has 0 aliphatic rings. The smallest absolute Gasteiger partial charge is 0.325 e. The minimum atomic E-state index is -0.981. The summed E-state index contributed by atoms with van der Waals surface area (Å²) >= 11 is 0. The summed E-state index contributed by atoms with van der Waals surface area (Å²) < 4.78 is 12.3. The van der Waals surface area contributed by atoms with Crippen molar-refractivity contribution >= 4 is 5.97 Å². The number of hydrogen-bond acceptors (Lipinski definition) is 5. The molecule has 2 heterocycles. The van der Waals surface area contributed by atoms with Crippen LogP contribution in [0.3, 0.4) is 0 Å². The van der Waals surface area contributed by atoms with Gasteiger partial charge in [-0.05, 0) is 13.0 Å². The first kappa shape index (κ1) is 16.9. The number of aliphatic carboxylic acids is 1. The first-order valence-corrected chi connectivity index (χ1v) is 7.89. The number of carboxylic acids is 1. The summed E-state index contributed by atoms with van der Waals surface area (Å²) in [5.41, 5.74) is 1.62. The van der Waals surface area contributed by atoms with Gasteiger partial charge in [0.1, 0.15) is 18.1 Å². The van der Waals surface area contributed by atoms with Crippen molar-refractivity contribution in [2.75, 3.05) is 13.7 Å². The molecule has 0 atom stereocenters. The second kappa shape index (κ2) is 7.31. The third kappa shape index (κ3) is 3.77. The van der Waals surface area contributed by atoms with E-state index in [1.165, 1.54) is 4.68 Å². The van der Waals surface area contributed by atoms with E-state index in [2.05, 4.69) is 10.1 Å². The van der Waals surface area contributed by atoms with Crippen molar-refractivity contribution in [2.24, 2.45) is 0 Å². The van der Waals surface area contributed by atoms with Crippen LogP contribution >= 0.6 is 0 Å². The van der Waals surface area contributed by atoms with Crippen molar-refractivity contribution < 1.29 is 19.1 Å². The highest BCUT2D eigenvalue weighted by atomic mass is 16.5. The summed E-state index contributed by atoms with van der Waals surface area (Å²) in [4.78, 5) is 15.7. The van der Waals surface area contributed by atoms with Crippen molar-refractivity contribution in [1.82, 2.24) is 14.8 Å². The summed E-state index contributed by atoms with van der Waals surface area (Å²) in [5, 5.41) is 13.5. The fourth-order valence-corrected chi connectivity index (χ4v) is 2.61. The van der Waals surface area contributed by atoms with Crippen molar-refractivity contribution in [3.63, 3.8) is 0 Å². The molecular formula is C18H19N3O4. The van der Waals surface area contributed by atoms with Crippen LogP contribution in [0.15, 0.2) is 40.8 Å². The van der Waals surface area contributed by atoms with Crippen LogP contribution in [0.2, 0.25) is 0 Å². The first-order chi connectivity index (χ1) is 12.1. The summed E-state index contributed by atoms with van der Waals surface area (Å²) in [7, 11) is 1.60. The van der Waals surface area contributed by atoms with Gasteiger partial charge in [0, 0.05) is 19.1 Å². The first-order valence-electron chi connectivity index (χ1n) is 7.89. The largest absolute Gasteiger partial charge is 0.480 e. The average Bonchev–Trinajstić information content (AvgIpc) is 3.16. The summed E-state index contributed by atoms with van der Waals surface area (Å²) in [6, 6.07) is 11.5. The van der Waals surface area contributed by atoms with Crippen molar-refractivity contribution in [2.45, 2.75) is 19.9 Å². The third-order valence-corrected chi connectivity index (χ3v) is 3.66. The van der Waals surface area contributed by atoms with Gasteiger partial charge in [-0.15, -0.1) is 0 Å². The second-order valence-corrected chi connectivity index (χ2v) is 5.61. The Kier molecular flexibility index (Phi) is 4.95. The number of carbonyl (C=O) groups is 1. The van der Waals surface area contributed by atoms with Gasteiger partial charge in [0.2, 0.25) is 0 Å². The van der Waals surface area contributed by atoms with E-state index in [1.54, 1.807) is 7.11 Å². The van der Waals surface area contributed by atoms with E-state index in [1.807, 2.05) is 43.3 Å². The third-order valence-electron chi connectivity index (χ3n) is 3.66. The molecule has 1 aromatic carbocycles. The van der Waals surface area contributed by atoms with Crippen LogP contribution in [0.4, 0.5) is 0 Å². The van der Waals surface area contributed by atoms with Crippen molar-refractivity contribution in [3.05, 3.63) is 48.0 Å². The topological polar surface area (TPSA) is 90.4 Å². The number of aryl methyl sites for hydroxylation is 1. The van der Waals surface area contributed by atoms with Crippen molar-refractivity contribution in [3.8, 4) is 22.7 Å². The van der Waals surface area contributed by atoms with Gasteiger partial charge in [0.15, 0.2) is 11.6 Å². The molecule has 7 heteroatoms. The van der Waals surface area contributed by atoms with Gasteiger partial charge in [-0.25, -0.2) is 9.67 Å². The molecule has 7 nitrogen and oxygen atoms in total. The monoisotopic (exact) mass is 341 g/mol. The molecule has 0 radical (unpaired) electrons. The number of benzene rings is 1. The number of methoxy groups -OCH3 is 1. The Morgan fingerprint density at radius 3 is 2.76 bits per heavy atom. The quantitative estimate of drug-likeness (QED) is 0.710. The molecule has 0 saturated heterocycles. The van der Waals surface area contributed by atoms with Crippen LogP contribution in [0.5, 0.6) is 0 Å². The Morgan fingerprint density at radius 1 is 1.32 bits per heavy atom. The highest BCUT2D eigenvalue weighted by Crippen LogP contribution is 2.34. The van der Waals surface area contributed by atoms with E-state index < -0.39 is 5.97 Å². The lowest BCUT2D eigenvalue weighted by Gasteiger charge is -2.04. The minimum absolute atomic E-state index is 0.270. The van der Waals surface area contributed by atoms with Gasteiger partial charge >= 0.3 is 5.97 Å². The lowest BCUT2D eigenvalue weighted by Crippen LogP contribution is -2.12. The van der Waals surface area contributed by atoms with E-state index in [4.69, 9.17) is 9.15 Å². The molecule has 3 aromatic rings. The Morgan fingerprint density at radius 2 is 2.08 bits per heavy atom. The molecular weight excluding hydrogens is 322 g/mol. The predicted molar refractivity (Wildman–Crippen MR) is 91.1 cm³/mol. The van der Waals surface area contributed by atoms with Crippen LogP contribution in [0.1, 0.15) is 11.6 Å². The number of nitrogens with zero attached hydrogens (tertiary/aromatic N) is 3. The SMILES string of the molecule is COCCc1nc(-c2cc(C)oc2-c2ccccc2)n(CC(=O)O)n1. The van der Waals surface area contributed by atoms with E-state index >= 15 is 0 Å². The van der Waals surface area contributed by atoms with Gasteiger partial charge in [-0.3, -0.25) is 4.79 Å².